The summed E-state index contributed by atoms with van der Waals surface area (Å²) in [5.41, 5.74) is 4.35. The highest BCUT2D eigenvalue weighted by Crippen LogP contribution is 2.35. The molecule has 0 saturated heterocycles. The molecule has 4 aromatic rings. The van der Waals surface area contributed by atoms with Gasteiger partial charge in [-0.25, -0.2) is 4.39 Å². The molecular weight excluding hydrogens is 433 g/mol. The largest absolute Gasteiger partial charge is 0.477 e. The smallest absolute Gasteiger partial charge is 0.262 e. The van der Waals surface area contributed by atoms with Crippen LogP contribution >= 0.6 is 0 Å². The summed E-state index contributed by atoms with van der Waals surface area (Å²) in [5, 5.41) is 3.62. The zero-order valence-corrected chi connectivity index (χ0v) is 18.7. The van der Waals surface area contributed by atoms with Gasteiger partial charge in [-0.05, 0) is 60.0 Å². The van der Waals surface area contributed by atoms with Gasteiger partial charge in [-0.3, -0.25) is 9.59 Å². The van der Waals surface area contributed by atoms with Crippen molar-refractivity contribution in [1.82, 2.24) is 10.3 Å². The molecule has 6 nitrogen and oxygen atoms in total. The van der Waals surface area contributed by atoms with E-state index >= 15 is 0 Å². The van der Waals surface area contributed by atoms with E-state index in [0.717, 1.165) is 27.7 Å². The molecule has 2 heterocycles. The molecule has 1 aliphatic rings. The van der Waals surface area contributed by atoms with E-state index in [-0.39, 0.29) is 30.6 Å². The highest BCUT2D eigenvalue weighted by molar-refractivity contribution is 5.98. The fourth-order valence-electron chi connectivity index (χ4n) is 4.46. The van der Waals surface area contributed by atoms with Crippen LogP contribution in [0, 0.1) is 5.82 Å². The number of benzene rings is 3. The first-order valence-electron chi connectivity index (χ1n) is 11.2. The predicted molar refractivity (Wildman–Crippen MR) is 129 cm³/mol. The molecule has 0 aliphatic carbocycles. The number of aromatic nitrogens is 1. The second-order valence-corrected chi connectivity index (χ2v) is 8.22. The van der Waals surface area contributed by atoms with Crippen molar-refractivity contribution in [3.63, 3.8) is 0 Å². The number of hydrogen-bond donors (Lipinski definition) is 2. The molecule has 1 aliphatic heterocycles. The van der Waals surface area contributed by atoms with E-state index in [1.165, 1.54) is 12.1 Å². The summed E-state index contributed by atoms with van der Waals surface area (Å²) in [6.07, 6.45) is -0.0448. The Balaban J connectivity index is 1.44. The van der Waals surface area contributed by atoms with Crippen molar-refractivity contribution in [2.45, 2.75) is 18.9 Å². The summed E-state index contributed by atoms with van der Waals surface area (Å²) in [6, 6.07) is 21.5. The lowest BCUT2D eigenvalue weighted by molar-refractivity contribution is -0.127. The van der Waals surface area contributed by atoms with Crippen LogP contribution in [0.3, 0.4) is 0 Å². The van der Waals surface area contributed by atoms with Crippen molar-refractivity contribution in [2.24, 2.45) is 0 Å². The number of aromatic amines is 1. The van der Waals surface area contributed by atoms with Crippen molar-refractivity contribution in [3.05, 3.63) is 84.2 Å². The molecule has 7 heteroatoms. The number of rotatable bonds is 5. The molecule has 34 heavy (non-hydrogen) atoms. The third-order valence-corrected chi connectivity index (χ3v) is 6.15. The van der Waals surface area contributed by atoms with Gasteiger partial charge in [0.15, 0.2) is 6.10 Å². The van der Waals surface area contributed by atoms with Gasteiger partial charge in [-0.1, -0.05) is 30.3 Å². The summed E-state index contributed by atoms with van der Waals surface area (Å²) in [4.78, 5) is 30.7. The van der Waals surface area contributed by atoms with E-state index in [0.29, 0.717) is 17.9 Å². The SMILES string of the molecule is CNC(=O)[C@H]1CN(C(=O)CCc2c(-c3ccc(F)cc3)[nH]c3ccccc23)c2ccccc2O1. The number of anilines is 1. The van der Waals surface area contributed by atoms with Crippen LogP contribution in [-0.4, -0.2) is 36.5 Å². The summed E-state index contributed by atoms with van der Waals surface area (Å²) in [5.74, 6) is -0.162. The van der Waals surface area contributed by atoms with Crippen molar-refractivity contribution in [3.8, 4) is 17.0 Å². The second-order valence-electron chi connectivity index (χ2n) is 8.22. The minimum Gasteiger partial charge on any atom is -0.477 e. The molecule has 3 aromatic carbocycles. The summed E-state index contributed by atoms with van der Waals surface area (Å²) >= 11 is 0. The monoisotopic (exact) mass is 457 g/mol. The lowest BCUT2D eigenvalue weighted by Gasteiger charge is -2.34. The van der Waals surface area contributed by atoms with Gasteiger partial charge in [-0.2, -0.15) is 0 Å². The Hall–Kier alpha value is -4.13. The van der Waals surface area contributed by atoms with E-state index in [4.69, 9.17) is 4.74 Å². The number of nitrogens with one attached hydrogen (secondary N) is 2. The van der Waals surface area contributed by atoms with Gasteiger partial charge >= 0.3 is 0 Å². The molecule has 0 radical (unpaired) electrons. The minimum atomic E-state index is -0.772. The molecule has 2 N–H and O–H groups in total. The summed E-state index contributed by atoms with van der Waals surface area (Å²) in [6.45, 7) is 0.147. The number of carbonyl (C=O) groups excluding carboxylic acids is 2. The average Bonchev–Trinajstić information content (AvgIpc) is 3.25. The third-order valence-electron chi connectivity index (χ3n) is 6.15. The molecule has 1 aromatic heterocycles. The first-order chi connectivity index (χ1) is 16.5. The van der Waals surface area contributed by atoms with E-state index in [2.05, 4.69) is 10.3 Å². The van der Waals surface area contributed by atoms with Gasteiger partial charge < -0.3 is 19.9 Å². The van der Waals surface area contributed by atoms with Gasteiger partial charge in [-0.15, -0.1) is 0 Å². The molecule has 0 fully saturated rings. The fourth-order valence-corrected chi connectivity index (χ4v) is 4.46. The van der Waals surface area contributed by atoms with E-state index in [1.807, 2.05) is 42.5 Å². The Morgan fingerprint density at radius 1 is 1.06 bits per heavy atom. The number of para-hydroxylation sites is 3. The van der Waals surface area contributed by atoms with Crippen molar-refractivity contribution in [2.75, 3.05) is 18.5 Å². The molecule has 5 rings (SSSR count). The number of hydrogen-bond acceptors (Lipinski definition) is 3. The first kappa shape index (κ1) is 21.7. The normalized spacial score (nSPS) is 15.0. The van der Waals surface area contributed by atoms with Crippen LogP contribution in [0.15, 0.2) is 72.8 Å². The second kappa shape index (κ2) is 9.02. The number of ether oxygens (including phenoxy) is 1. The maximum atomic E-state index is 13.5. The quantitative estimate of drug-likeness (QED) is 0.465. The lowest BCUT2D eigenvalue weighted by Crippen LogP contribution is -2.50. The Kier molecular flexibility index (Phi) is 5.76. The Labute approximate surface area is 196 Å². The van der Waals surface area contributed by atoms with E-state index in [1.54, 1.807) is 30.1 Å². The maximum absolute atomic E-state index is 13.5. The van der Waals surface area contributed by atoms with Crippen LogP contribution in [0.5, 0.6) is 5.75 Å². The van der Waals surface area contributed by atoms with Gasteiger partial charge in [0.25, 0.3) is 5.91 Å². The van der Waals surface area contributed by atoms with E-state index < -0.39 is 6.10 Å². The molecule has 1 atom stereocenters. The van der Waals surface area contributed by atoms with Gasteiger partial charge in [0.05, 0.1) is 12.2 Å². The van der Waals surface area contributed by atoms with Gasteiger partial charge in [0.1, 0.15) is 11.6 Å². The number of fused-ring (bicyclic) bond motifs is 2. The third kappa shape index (κ3) is 4.01. The van der Waals surface area contributed by atoms with Crippen LogP contribution in [0.25, 0.3) is 22.2 Å². The molecule has 0 saturated carbocycles. The van der Waals surface area contributed by atoms with Crippen LogP contribution < -0.4 is 15.0 Å². The highest BCUT2D eigenvalue weighted by Gasteiger charge is 2.33. The Morgan fingerprint density at radius 2 is 1.79 bits per heavy atom. The Morgan fingerprint density at radius 3 is 2.59 bits per heavy atom. The number of carbonyl (C=O) groups is 2. The van der Waals surface area contributed by atoms with E-state index in [9.17, 15) is 14.0 Å². The fraction of sp³-hybridized carbons (Fsp3) is 0.185. The number of aryl methyl sites for hydroxylation is 1. The van der Waals surface area contributed by atoms with Gasteiger partial charge in [0, 0.05) is 30.1 Å². The lowest BCUT2D eigenvalue weighted by atomic mass is 10.0. The average molecular weight is 458 g/mol. The molecule has 172 valence electrons. The van der Waals surface area contributed by atoms with Crippen molar-refractivity contribution in [1.29, 1.82) is 0 Å². The number of nitrogens with zero attached hydrogens (tertiary/aromatic N) is 1. The van der Waals surface area contributed by atoms with Crippen LogP contribution in [0.4, 0.5) is 10.1 Å². The maximum Gasteiger partial charge on any atom is 0.262 e. The predicted octanol–water partition coefficient (Wildman–Crippen LogP) is 4.45. The first-order valence-corrected chi connectivity index (χ1v) is 11.2. The standard InChI is InChI=1S/C27H24FN3O3/c1-29-27(33)24-16-31(22-8-4-5-9-23(22)34-24)25(32)15-14-20-19-6-2-3-7-21(19)30-26(20)17-10-12-18(28)13-11-17/h2-13,24,30H,14-16H2,1H3,(H,29,33)/t24-/m1/s1. The van der Waals surface area contributed by atoms with Crippen LogP contribution in [0.1, 0.15) is 12.0 Å². The zero-order valence-electron chi connectivity index (χ0n) is 18.7. The molecule has 0 bridgehead atoms. The number of halogens is 1. The molecule has 0 spiro atoms. The number of amides is 2. The molecular formula is C27H24FN3O3. The minimum absolute atomic E-state index is 0.0972. The summed E-state index contributed by atoms with van der Waals surface area (Å²) < 4.78 is 19.3. The number of likely N-dealkylation sites (N-methyl/N-ethyl adjacent to an activating group) is 1. The van der Waals surface area contributed by atoms with Crippen molar-refractivity contribution < 1.29 is 18.7 Å². The summed E-state index contributed by atoms with van der Waals surface area (Å²) in [7, 11) is 1.55. The molecule has 0 unspecified atom stereocenters. The van der Waals surface area contributed by atoms with Crippen LogP contribution in [-0.2, 0) is 16.0 Å². The topological polar surface area (TPSA) is 74.4 Å². The number of H-pyrrole nitrogens is 1. The van der Waals surface area contributed by atoms with Gasteiger partial charge in [0.2, 0.25) is 5.91 Å². The highest BCUT2D eigenvalue weighted by atomic mass is 19.1. The molecule has 2 amide bonds. The van der Waals surface area contributed by atoms with Crippen molar-refractivity contribution >= 4 is 28.4 Å². The zero-order chi connectivity index (χ0) is 23.7. The van der Waals surface area contributed by atoms with Crippen LogP contribution in [0.2, 0.25) is 0 Å². The Bertz CT molecular complexity index is 1360.